The van der Waals surface area contributed by atoms with E-state index in [2.05, 4.69) is 10.2 Å². The van der Waals surface area contributed by atoms with Crippen LogP contribution in [0.5, 0.6) is 5.75 Å². The SMILES string of the molecule is COc1ccc(NC(=O)c2ccc(CN3CCCC[C@H]3C(N)=O)cc2)cc1. The Bertz CT molecular complexity index is 787. The van der Waals surface area contributed by atoms with E-state index in [1.165, 1.54) is 0 Å². The van der Waals surface area contributed by atoms with Crippen LogP contribution in [-0.2, 0) is 11.3 Å². The van der Waals surface area contributed by atoms with Gasteiger partial charge in [0.2, 0.25) is 5.91 Å². The maximum absolute atomic E-state index is 12.4. The van der Waals surface area contributed by atoms with Crippen LogP contribution in [0.15, 0.2) is 48.5 Å². The molecule has 1 saturated heterocycles. The molecule has 6 heteroatoms. The fourth-order valence-electron chi connectivity index (χ4n) is 3.38. The van der Waals surface area contributed by atoms with Gasteiger partial charge in [0.05, 0.1) is 13.2 Å². The summed E-state index contributed by atoms with van der Waals surface area (Å²) < 4.78 is 5.11. The van der Waals surface area contributed by atoms with Gasteiger partial charge in [-0.05, 0) is 61.3 Å². The van der Waals surface area contributed by atoms with Crippen molar-refractivity contribution in [3.63, 3.8) is 0 Å². The van der Waals surface area contributed by atoms with Gasteiger partial charge >= 0.3 is 0 Å². The number of benzene rings is 2. The van der Waals surface area contributed by atoms with Crippen LogP contribution in [0.3, 0.4) is 0 Å². The van der Waals surface area contributed by atoms with Crippen molar-refractivity contribution in [3.8, 4) is 5.75 Å². The molecular formula is C21H25N3O3. The molecular weight excluding hydrogens is 342 g/mol. The summed E-state index contributed by atoms with van der Waals surface area (Å²) in [4.78, 5) is 26.2. The minimum atomic E-state index is -0.259. The highest BCUT2D eigenvalue weighted by atomic mass is 16.5. The van der Waals surface area contributed by atoms with Crippen LogP contribution in [0.1, 0.15) is 35.2 Å². The molecule has 3 N–H and O–H groups in total. The zero-order valence-corrected chi connectivity index (χ0v) is 15.5. The summed E-state index contributed by atoms with van der Waals surface area (Å²) in [7, 11) is 1.60. The molecule has 2 aromatic carbocycles. The van der Waals surface area contributed by atoms with Gasteiger partial charge in [-0.3, -0.25) is 14.5 Å². The van der Waals surface area contributed by atoms with Gasteiger partial charge in [-0.25, -0.2) is 0 Å². The molecule has 3 rings (SSSR count). The van der Waals surface area contributed by atoms with Gasteiger partial charge < -0.3 is 15.8 Å². The summed E-state index contributed by atoms with van der Waals surface area (Å²) in [6.07, 6.45) is 2.93. The number of hydrogen-bond acceptors (Lipinski definition) is 4. The normalized spacial score (nSPS) is 17.3. The topological polar surface area (TPSA) is 84.7 Å². The number of ether oxygens (including phenoxy) is 1. The van der Waals surface area contributed by atoms with E-state index in [1.54, 1.807) is 43.5 Å². The first-order valence-electron chi connectivity index (χ1n) is 9.14. The number of nitrogens with two attached hydrogens (primary N) is 1. The molecule has 0 spiro atoms. The van der Waals surface area contributed by atoms with Gasteiger partial charge in [-0.2, -0.15) is 0 Å². The van der Waals surface area contributed by atoms with E-state index in [1.807, 2.05) is 12.1 Å². The molecule has 1 aliphatic heterocycles. The lowest BCUT2D eigenvalue weighted by molar-refractivity contribution is -0.124. The summed E-state index contributed by atoms with van der Waals surface area (Å²) in [5.74, 6) is 0.314. The lowest BCUT2D eigenvalue weighted by atomic mass is 10.0. The average molecular weight is 367 g/mol. The summed E-state index contributed by atoms with van der Waals surface area (Å²) in [6, 6.07) is 14.5. The summed E-state index contributed by atoms with van der Waals surface area (Å²) in [5, 5.41) is 2.87. The van der Waals surface area contributed by atoms with E-state index in [4.69, 9.17) is 10.5 Å². The molecule has 2 aromatic rings. The number of carbonyl (C=O) groups is 2. The van der Waals surface area contributed by atoms with E-state index >= 15 is 0 Å². The van der Waals surface area contributed by atoms with Gasteiger partial charge in [-0.15, -0.1) is 0 Å². The molecule has 0 unspecified atom stereocenters. The Labute approximate surface area is 159 Å². The largest absolute Gasteiger partial charge is 0.497 e. The van der Waals surface area contributed by atoms with E-state index in [9.17, 15) is 9.59 Å². The number of hydrogen-bond donors (Lipinski definition) is 2. The van der Waals surface area contributed by atoms with Crippen LogP contribution in [0, 0.1) is 0 Å². The zero-order chi connectivity index (χ0) is 19.2. The summed E-state index contributed by atoms with van der Waals surface area (Å²) in [5.41, 5.74) is 7.88. The Morgan fingerprint density at radius 1 is 1.11 bits per heavy atom. The number of amides is 2. The number of primary amides is 1. The number of rotatable bonds is 6. The fourth-order valence-corrected chi connectivity index (χ4v) is 3.38. The van der Waals surface area contributed by atoms with Gasteiger partial charge in [0.15, 0.2) is 0 Å². The maximum atomic E-state index is 12.4. The van der Waals surface area contributed by atoms with E-state index in [-0.39, 0.29) is 17.9 Å². The maximum Gasteiger partial charge on any atom is 0.255 e. The monoisotopic (exact) mass is 367 g/mol. The second-order valence-corrected chi connectivity index (χ2v) is 6.76. The fraction of sp³-hybridized carbons (Fsp3) is 0.333. The van der Waals surface area contributed by atoms with Crippen molar-refractivity contribution >= 4 is 17.5 Å². The van der Waals surface area contributed by atoms with Gasteiger partial charge in [0, 0.05) is 17.8 Å². The number of nitrogens with one attached hydrogen (secondary N) is 1. The number of methoxy groups -OCH3 is 1. The second-order valence-electron chi connectivity index (χ2n) is 6.76. The lowest BCUT2D eigenvalue weighted by Gasteiger charge is -2.33. The minimum Gasteiger partial charge on any atom is -0.497 e. The van der Waals surface area contributed by atoms with Gasteiger partial charge in [-0.1, -0.05) is 18.6 Å². The molecule has 0 radical (unpaired) electrons. The molecule has 6 nitrogen and oxygen atoms in total. The Balaban J connectivity index is 1.62. The van der Waals surface area contributed by atoms with E-state index in [0.717, 1.165) is 37.1 Å². The molecule has 142 valence electrons. The standard InChI is InChI=1S/C21H25N3O3/c1-27-18-11-9-17(10-12-18)23-21(26)16-7-5-15(6-8-16)14-24-13-3-2-4-19(24)20(22)25/h5-12,19H,2-4,13-14H2,1H3,(H2,22,25)(H,23,26)/t19-/m0/s1. The summed E-state index contributed by atoms with van der Waals surface area (Å²) in [6.45, 7) is 1.53. The molecule has 27 heavy (non-hydrogen) atoms. The first-order valence-corrected chi connectivity index (χ1v) is 9.14. The number of likely N-dealkylation sites (tertiary alicyclic amines) is 1. The summed E-state index contributed by atoms with van der Waals surface area (Å²) >= 11 is 0. The van der Waals surface area contributed by atoms with Crippen LogP contribution in [0.25, 0.3) is 0 Å². The molecule has 1 aliphatic rings. The number of piperidine rings is 1. The van der Waals surface area contributed by atoms with Crippen LogP contribution >= 0.6 is 0 Å². The van der Waals surface area contributed by atoms with Gasteiger partial charge in [0.1, 0.15) is 5.75 Å². The van der Waals surface area contributed by atoms with Crippen molar-refractivity contribution in [2.45, 2.75) is 31.8 Å². The smallest absolute Gasteiger partial charge is 0.255 e. The molecule has 1 atom stereocenters. The third kappa shape index (κ3) is 4.86. The highest BCUT2D eigenvalue weighted by Crippen LogP contribution is 2.20. The van der Waals surface area contributed by atoms with Crippen LogP contribution in [0.2, 0.25) is 0 Å². The Hall–Kier alpha value is -2.86. The van der Waals surface area contributed by atoms with Crippen molar-refractivity contribution in [1.82, 2.24) is 4.90 Å². The Morgan fingerprint density at radius 3 is 2.44 bits per heavy atom. The van der Waals surface area contributed by atoms with Gasteiger partial charge in [0.25, 0.3) is 5.91 Å². The zero-order valence-electron chi connectivity index (χ0n) is 15.5. The molecule has 2 amide bonds. The van der Waals surface area contributed by atoms with Crippen molar-refractivity contribution in [3.05, 3.63) is 59.7 Å². The quantitative estimate of drug-likeness (QED) is 0.822. The average Bonchev–Trinajstić information content (AvgIpc) is 2.69. The third-order valence-electron chi connectivity index (χ3n) is 4.89. The van der Waals surface area contributed by atoms with E-state index < -0.39 is 0 Å². The Morgan fingerprint density at radius 2 is 1.81 bits per heavy atom. The van der Waals surface area contributed by atoms with Crippen molar-refractivity contribution < 1.29 is 14.3 Å². The van der Waals surface area contributed by atoms with Crippen LogP contribution < -0.4 is 15.8 Å². The minimum absolute atomic E-state index is 0.167. The van der Waals surface area contributed by atoms with Crippen LogP contribution in [0.4, 0.5) is 5.69 Å². The first-order chi connectivity index (χ1) is 13.1. The number of anilines is 1. The van der Waals surface area contributed by atoms with Crippen molar-refractivity contribution in [2.24, 2.45) is 5.73 Å². The predicted octanol–water partition coefficient (Wildman–Crippen LogP) is 2.79. The third-order valence-corrected chi connectivity index (χ3v) is 4.89. The second kappa shape index (κ2) is 8.68. The lowest BCUT2D eigenvalue weighted by Crippen LogP contribution is -2.47. The van der Waals surface area contributed by atoms with Crippen molar-refractivity contribution in [2.75, 3.05) is 19.0 Å². The molecule has 1 fully saturated rings. The highest BCUT2D eigenvalue weighted by molar-refractivity contribution is 6.04. The molecule has 0 aliphatic carbocycles. The number of carbonyl (C=O) groups excluding carboxylic acids is 2. The number of nitrogens with zero attached hydrogens (tertiary/aromatic N) is 1. The van der Waals surface area contributed by atoms with E-state index in [0.29, 0.717) is 17.8 Å². The molecule has 1 heterocycles. The Kier molecular flexibility index (Phi) is 6.08. The predicted molar refractivity (Wildman–Crippen MR) is 105 cm³/mol. The first kappa shape index (κ1) is 18.9. The molecule has 0 bridgehead atoms. The van der Waals surface area contributed by atoms with Crippen LogP contribution in [-0.4, -0.2) is 36.4 Å². The van der Waals surface area contributed by atoms with Crippen molar-refractivity contribution in [1.29, 1.82) is 0 Å². The molecule has 0 aromatic heterocycles. The molecule has 0 saturated carbocycles. The highest BCUT2D eigenvalue weighted by Gasteiger charge is 2.26.